The van der Waals surface area contributed by atoms with Gasteiger partial charge >= 0.3 is 0 Å². The molecule has 1 N–H and O–H groups in total. The smallest absolute Gasteiger partial charge is 0.295 e. The van der Waals surface area contributed by atoms with Gasteiger partial charge in [-0.25, -0.2) is 0 Å². The van der Waals surface area contributed by atoms with E-state index in [4.69, 9.17) is 9.47 Å². The largest absolute Gasteiger partial charge is 0.507 e. The van der Waals surface area contributed by atoms with E-state index in [-0.39, 0.29) is 11.3 Å². The maximum atomic E-state index is 12.9. The molecular formula is C22H23NO5S. The number of amides is 1. The van der Waals surface area contributed by atoms with Crippen molar-refractivity contribution in [2.75, 3.05) is 19.8 Å². The highest BCUT2D eigenvalue weighted by atomic mass is 32.1. The minimum Gasteiger partial charge on any atom is -0.507 e. The van der Waals surface area contributed by atoms with Gasteiger partial charge in [0.15, 0.2) is 11.5 Å². The van der Waals surface area contributed by atoms with Crippen LogP contribution in [0.25, 0.3) is 5.76 Å². The summed E-state index contributed by atoms with van der Waals surface area (Å²) in [7, 11) is 0. The van der Waals surface area contributed by atoms with Crippen molar-refractivity contribution in [2.45, 2.75) is 32.2 Å². The van der Waals surface area contributed by atoms with Crippen molar-refractivity contribution >= 4 is 28.8 Å². The molecule has 2 aromatic rings. The summed E-state index contributed by atoms with van der Waals surface area (Å²) >= 11 is 1.47. The van der Waals surface area contributed by atoms with E-state index in [2.05, 4.69) is 6.92 Å². The van der Waals surface area contributed by atoms with Gasteiger partial charge in [-0.05, 0) is 36.1 Å². The number of carbonyl (C=O) groups excluding carboxylic acids is 2. The third-order valence-electron chi connectivity index (χ3n) is 5.17. The van der Waals surface area contributed by atoms with E-state index in [1.807, 2.05) is 17.5 Å². The quantitative estimate of drug-likeness (QED) is 0.334. The van der Waals surface area contributed by atoms with Crippen molar-refractivity contribution in [3.05, 3.63) is 51.7 Å². The first-order valence-corrected chi connectivity index (χ1v) is 10.7. The molecule has 152 valence electrons. The Morgan fingerprint density at radius 2 is 1.97 bits per heavy atom. The molecule has 0 spiro atoms. The molecule has 3 heterocycles. The lowest BCUT2D eigenvalue weighted by Gasteiger charge is -2.24. The van der Waals surface area contributed by atoms with Crippen molar-refractivity contribution in [3.63, 3.8) is 0 Å². The summed E-state index contributed by atoms with van der Waals surface area (Å²) in [5, 5.41) is 13.0. The van der Waals surface area contributed by atoms with Gasteiger partial charge in [0.25, 0.3) is 11.7 Å². The molecule has 0 aliphatic carbocycles. The third kappa shape index (κ3) is 3.62. The fraction of sp³-hybridized carbons (Fsp3) is 0.364. The Morgan fingerprint density at radius 1 is 1.17 bits per heavy atom. The molecule has 0 saturated carbocycles. The summed E-state index contributed by atoms with van der Waals surface area (Å²) in [6, 6.07) is 8.25. The number of unbranched alkanes of at least 4 members (excludes halogenated alkanes) is 2. The van der Waals surface area contributed by atoms with E-state index in [9.17, 15) is 14.7 Å². The van der Waals surface area contributed by atoms with Crippen LogP contribution in [0.15, 0.2) is 41.3 Å². The molecular weight excluding hydrogens is 390 g/mol. The first-order chi connectivity index (χ1) is 14.1. The number of Topliss-reactive ketones (excluding diaryl/α,β-unsaturated/α-hetero) is 1. The Balaban J connectivity index is 1.77. The zero-order valence-corrected chi connectivity index (χ0v) is 17.0. The molecule has 1 saturated heterocycles. The maximum absolute atomic E-state index is 12.9. The van der Waals surface area contributed by atoms with Crippen molar-refractivity contribution in [1.82, 2.24) is 4.90 Å². The van der Waals surface area contributed by atoms with Crippen molar-refractivity contribution in [2.24, 2.45) is 0 Å². The van der Waals surface area contributed by atoms with E-state index < -0.39 is 17.7 Å². The average molecular weight is 413 g/mol. The van der Waals surface area contributed by atoms with Crippen LogP contribution in [0.3, 0.4) is 0 Å². The van der Waals surface area contributed by atoms with Crippen LogP contribution in [-0.2, 0) is 9.59 Å². The fourth-order valence-electron chi connectivity index (χ4n) is 3.73. The molecule has 2 aliphatic heterocycles. The Bertz CT molecular complexity index is 950. The molecule has 1 aromatic heterocycles. The second-order valence-corrected chi connectivity index (χ2v) is 8.05. The normalized spacial score (nSPS) is 20.3. The maximum Gasteiger partial charge on any atom is 0.295 e. The van der Waals surface area contributed by atoms with Gasteiger partial charge in [-0.2, -0.15) is 0 Å². The minimum atomic E-state index is -0.646. The van der Waals surface area contributed by atoms with E-state index in [1.165, 1.54) is 11.3 Å². The van der Waals surface area contributed by atoms with E-state index in [0.717, 1.165) is 24.1 Å². The molecule has 29 heavy (non-hydrogen) atoms. The second kappa shape index (κ2) is 8.29. The van der Waals surface area contributed by atoms with Crippen molar-refractivity contribution in [3.8, 4) is 11.5 Å². The molecule has 1 aromatic carbocycles. The van der Waals surface area contributed by atoms with Gasteiger partial charge in [-0.15, -0.1) is 11.3 Å². The first kappa shape index (κ1) is 19.5. The summed E-state index contributed by atoms with van der Waals surface area (Å²) in [5.41, 5.74) is 0.563. The standard InChI is InChI=1S/C22H23NO5S/c1-2-3-4-9-23-19(17-6-5-12-29-17)18(21(25)22(23)26)20(24)14-7-8-15-16(13-14)28-11-10-27-15/h5-8,12-13,19,24H,2-4,9-11H2,1H3/b20-18-. The number of thiophene rings is 1. The summed E-state index contributed by atoms with van der Waals surface area (Å²) in [6.45, 7) is 3.47. The highest BCUT2D eigenvalue weighted by Gasteiger charge is 2.46. The average Bonchev–Trinajstić information content (AvgIpc) is 3.35. The Labute approximate surface area is 173 Å². The first-order valence-electron chi connectivity index (χ1n) is 9.83. The molecule has 4 rings (SSSR count). The zero-order chi connectivity index (χ0) is 20.4. The molecule has 0 radical (unpaired) electrons. The summed E-state index contributed by atoms with van der Waals surface area (Å²) in [4.78, 5) is 28.1. The number of rotatable bonds is 6. The number of aliphatic hydroxyl groups excluding tert-OH is 1. The Kier molecular flexibility index (Phi) is 5.58. The summed E-state index contributed by atoms with van der Waals surface area (Å²) in [6.07, 6.45) is 2.81. The van der Waals surface area contributed by atoms with Gasteiger partial charge in [0.05, 0.1) is 11.6 Å². The van der Waals surface area contributed by atoms with Gasteiger partial charge in [0, 0.05) is 17.0 Å². The van der Waals surface area contributed by atoms with Crippen LogP contribution in [-0.4, -0.2) is 41.5 Å². The third-order valence-corrected chi connectivity index (χ3v) is 6.10. The van der Waals surface area contributed by atoms with Crippen LogP contribution in [0, 0.1) is 0 Å². The molecule has 2 aliphatic rings. The molecule has 6 nitrogen and oxygen atoms in total. The van der Waals surface area contributed by atoms with Crippen molar-refractivity contribution < 1.29 is 24.2 Å². The van der Waals surface area contributed by atoms with Crippen LogP contribution >= 0.6 is 11.3 Å². The number of hydrogen-bond acceptors (Lipinski definition) is 6. The summed E-state index contributed by atoms with van der Waals surface area (Å²) < 4.78 is 11.1. The van der Waals surface area contributed by atoms with Gasteiger partial charge in [-0.3, -0.25) is 9.59 Å². The van der Waals surface area contributed by atoms with Crippen LogP contribution in [0.4, 0.5) is 0 Å². The number of ether oxygens (including phenoxy) is 2. The topological polar surface area (TPSA) is 76.1 Å². The highest BCUT2D eigenvalue weighted by molar-refractivity contribution is 7.10. The minimum absolute atomic E-state index is 0.130. The number of fused-ring (bicyclic) bond motifs is 1. The number of likely N-dealkylation sites (tertiary alicyclic amines) is 1. The molecule has 0 bridgehead atoms. The predicted octanol–water partition coefficient (Wildman–Crippen LogP) is 4.13. The molecule has 1 atom stereocenters. The Morgan fingerprint density at radius 3 is 2.69 bits per heavy atom. The lowest BCUT2D eigenvalue weighted by atomic mass is 9.99. The number of nitrogens with zero attached hydrogens (tertiary/aromatic N) is 1. The molecule has 1 fully saturated rings. The van der Waals surface area contributed by atoms with Crippen LogP contribution < -0.4 is 9.47 Å². The van der Waals surface area contributed by atoms with E-state index in [1.54, 1.807) is 23.1 Å². The number of ketones is 1. The fourth-order valence-corrected chi connectivity index (χ4v) is 4.58. The van der Waals surface area contributed by atoms with Gasteiger partial charge in [0.1, 0.15) is 19.0 Å². The van der Waals surface area contributed by atoms with Gasteiger partial charge < -0.3 is 19.5 Å². The van der Waals surface area contributed by atoms with E-state index in [0.29, 0.717) is 36.8 Å². The summed E-state index contributed by atoms with van der Waals surface area (Å²) in [5.74, 6) is -0.268. The molecule has 7 heteroatoms. The van der Waals surface area contributed by atoms with Crippen LogP contribution in [0.1, 0.15) is 42.7 Å². The van der Waals surface area contributed by atoms with Gasteiger partial charge in [-0.1, -0.05) is 25.8 Å². The lowest BCUT2D eigenvalue weighted by molar-refractivity contribution is -0.139. The van der Waals surface area contributed by atoms with E-state index >= 15 is 0 Å². The zero-order valence-electron chi connectivity index (χ0n) is 16.2. The van der Waals surface area contributed by atoms with Crippen LogP contribution in [0.5, 0.6) is 11.5 Å². The monoisotopic (exact) mass is 413 g/mol. The molecule has 1 amide bonds. The number of benzene rings is 1. The molecule has 1 unspecified atom stereocenters. The predicted molar refractivity (Wildman–Crippen MR) is 110 cm³/mol. The lowest BCUT2D eigenvalue weighted by Crippen LogP contribution is -2.30. The number of aliphatic hydroxyl groups is 1. The highest BCUT2D eigenvalue weighted by Crippen LogP contribution is 2.42. The number of hydrogen-bond donors (Lipinski definition) is 1. The van der Waals surface area contributed by atoms with Crippen LogP contribution in [0.2, 0.25) is 0 Å². The SMILES string of the molecule is CCCCCN1C(=O)C(=O)/C(=C(\O)c2ccc3c(c2)OCCO3)C1c1cccs1. The van der Waals surface area contributed by atoms with Crippen molar-refractivity contribution in [1.29, 1.82) is 0 Å². The second-order valence-electron chi connectivity index (χ2n) is 7.07. The van der Waals surface area contributed by atoms with Gasteiger partial charge in [0.2, 0.25) is 0 Å². The number of carbonyl (C=O) groups is 2. The Hall–Kier alpha value is -2.80.